The lowest BCUT2D eigenvalue weighted by atomic mass is 9.59. The standard InChI is InChI=1S/C15H18F2N2O2.ClH/c1-21-13(20)11-3-2-10(7-19-11)12-6-14(4-5-18-12)8-15(16,17)9-14;/h2-3,7,12,18H,4-6,8-9H2,1H3;1H. The lowest BCUT2D eigenvalue weighted by molar-refractivity contribution is -0.174. The van der Waals surface area contributed by atoms with E-state index < -0.39 is 11.9 Å². The summed E-state index contributed by atoms with van der Waals surface area (Å²) in [5.74, 6) is -2.97. The third-order valence-corrected chi connectivity index (χ3v) is 4.53. The fourth-order valence-electron chi connectivity index (χ4n) is 3.56. The van der Waals surface area contributed by atoms with Gasteiger partial charge in [-0.3, -0.25) is 0 Å². The molecule has 1 aliphatic heterocycles. The molecule has 1 N–H and O–H groups in total. The third kappa shape index (κ3) is 3.22. The number of aromatic nitrogens is 1. The molecule has 1 spiro atoms. The van der Waals surface area contributed by atoms with Gasteiger partial charge in [0.1, 0.15) is 5.69 Å². The Bertz CT molecular complexity index is 543. The first-order valence-electron chi connectivity index (χ1n) is 7.09. The van der Waals surface area contributed by atoms with Gasteiger partial charge in [-0.2, -0.15) is 0 Å². The molecule has 3 rings (SSSR count). The van der Waals surface area contributed by atoms with Crippen molar-refractivity contribution >= 4 is 18.4 Å². The molecule has 1 unspecified atom stereocenters. The Morgan fingerprint density at radius 3 is 2.68 bits per heavy atom. The van der Waals surface area contributed by atoms with E-state index in [1.165, 1.54) is 7.11 Å². The number of piperidine rings is 1. The average Bonchev–Trinajstić information content (AvgIpc) is 2.44. The van der Waals surface area contributed by atoms with Gasteiger partial charge in [-0.15, -0.1) is 12.4 Å². The van der Waals surface area contributed by atoms with Crippen molar-refractivity contribution in [2.24, 2.45) is 5.41 Å². The Kier molecular flexibility index (Phi) is 4.73. The van der Waals surface area contributed by atoms with E-state index in [1.807, 2.05) is 6.07 Å². The number of pyridine rings is 1. The van der Waals surface area contributed by atoms with E-state index in [0.29, 0.717) is 6.42 Å². The smallest absolute Gasteiger partial charge is 0.356 e. The molecular weight excluding hydrogens is 314 g/mol. The molecule has 122 valence electrons. The molecule has 7 heteroatoms. The number of rotatable bonds is 2. The summed E-state index contributed by atoms with van der Waals surface area (Å²) < 4.78 is 31.0. The van der Waals surface area contributed by atoms with Gasteiger partial charge < -0.3 is 10.1 Å². The predicted molar refractivity (Wildman–Crippen MR) is 79.4 cm³/mol. The number of carbonyl (C=O) groups excluding carboxylic acids is 1. The quantitative estimate of drug-likeness (QED) is 0.845. The maximum atomic E-state index is 13.2. The van der Waals surface area contributed by atoms with Gasteiger partial charge in [0.05, 0.1) is 7.11 Å². The number of hydrogen-bond acceptors (Lipinski definition) is 4. The molecule has 1 aromatic heterocycles. The maximum Gasteiger partial charge on any atom is 0.356 e. The summed E-state index contributed by atoms with van der Waals surface area (Å²) >= 11 is 0. The number of alkyl halides is 2. The van der Waals surface area contributed by atoms with Crippen LogP contribution in [0.3, 0.4) is 0 Å². The summed E-state index contributed by atoms with van der Waals surface area (Å²) in [6, 6.07) is 3.45. The minimum atomic E-state index is -2.49. The lowest BCUT2D eigenvalue weighted by Crippen LogP contribution is -2.52. The van der Waals surface area contributed by atoms with Gasteiger partial charge >= 0.3 is 5.97 Å². The van der Waals surface area contributed by atoms with E-state index >= 15 is 0 Å². The number of methoxy groups -OCH3 is 1. The van der Waals surface area contributed by atoms with Crippen molar-refractivity contribution in [2.75, 3.05) is 13.7 Å². The van der Waals surface area contributed by atoms with Crippen molar-refractivity contribution in [3.63, 3.8) is 0 Å². The van der Waals surface area contributed by atoms with Crippen LogP contribution in [-0.2, 0) is 4.74 Å². The average molecular weight is 333 g/mol. The van der Waals surface area contributed by atoms with E-state index in [-0.39, 0.29) is 42.4 Å². The van der Waals surface area contributed by atoms with E-state index in [2.05, 4.69) is 15.0 Å². The van der Waals surface area contributed by atoms with Crippen LogP contribution in [0.25, 0.3) is 0 Å². The zero-order chi connectivity index (χ0) is 15.1. The molecule has 1 aliphatic carbocycles. The summed E-state index contributed by atoms with van der Waals surface area (Å²) in [6.07, 6.45) is 3.10. The normalized spacial score (nSPS) is 25.0. The van der Waals surface area contributed by atoms with Crippen LogP contribution >= 0.6 is 12.4 Å². The molecule has 0 bridgehead atoms. The minimum absolute atomic E-state index is 0. The number of nitrogens with zero attached hydrogens (tertiary/aromatic N) is 1. The Morgan fingerprint density at radius 1 is 1.41 bits per heavy atom. The molecule has 0 aromatic carbocycles. The highest BCUT2D eigenvalue weighted by molar-refractivity contribution is 5.87. The first kappa shape index (κ1) is 17.1. The molecule has 0 radical (unpaired) electrons. The van der Waals surface area contributed by atoms with Crippen molar-refractivity contribution in [3.8, 4) is 0 Å². The largest absolute Gasteiger partial charge is 0.464 e. The second kappa shape index (κ2) is 6.08. The van der Waals surface area contributed by atoms with Crippen LogP contribution in [0.15, 0.2) is 18.3 Å². The maximum absolute atomic E-state index is 13.2. The molecule has 1 aromatic rings. The molecule has 4 nitrogen and oxygen atoms in total. The number of esters is 1. The third-order valence-electron chi connectivity index (χ3n) is 4.53. The van der Waals surface area contributed by atoms with Crippen LogP contribution in [0.2, 0.25) is 0 Å². The number of carbonyl (C=O) groups is 1. The van der Waals surface area contributed by atoms with Gasteiger partial charge in [0, 0.05) is 25.1 Å². The SMILES string of the molecule is COC(=O)c1ccc(C2CC3(CCN2)CC(F)(F)C3)cn1.Cl. The van der Waals surface area contributed by atoms with Crippen molar-refractivity contribution < 1.29 is 18.3 Å². The summed E-state index contributed by atoms with van der Waals surface area (Å²) in [5, 5.41) is 3.35. The monoisotopic (exact) mass is 332 g/mol. The number of nitrogens with one attached hydrogen (secondary N) is 1. The van der Waals surface area contributed by atoms with Gasteiger partial charge in [0.25, 0.3) is 0 Å². The summed E-state index contributed by atoms with van der Waals surface area (Å²) in [6.45, 7) is 0.736. The predicted octanol–water partition coefficient (Wildman–Crippen LogP) is 3.13. The molecule has 2 heterocycles. The molecule has 1 saturated heterocycles. The van der Waals surface area contributed by atoms with Crippen molar-refractivity contribution in [1.29, 1.82) is 0 Å². The van der Waals surface area contributed by atoms with Crippen LogP contribution in [0, 0.1) is 5.41 Å². The highest BCUT2D eigenvalue weighted by atomic mass is 35.5. The Hall–Kier alpha value is -1.27. The second-order valence-electron chi connectivity index (χ2n) is 6.14. The fourth-order valence-corrected chi connectivity index (χ4v) is 3.56. The van der Waals surface area contributed by atoms with Gasteiger partial charge in [-0.05, 0) is 36.4 Å². The van der Waals surface area contributed by atoms with Crippen LogP contribution in [0.5, 0.6) is 0 Å². The van der Waals surface area contributed by atoms with E-state index in [0.717, 1.165) is 18.5 Å². The molecule has 22 heavy (non-hydrogen) atoms. The molecule has 2 aliphatic rings. The highest BCUT2D eigenvalue weighted by Crippen LogP contribution is 2.58. The zero-order valence-electron chi connectivity index (χ0n) is 12.3. The number of ether oxygens (including phenoxy) is 1. The molecular formula is C15H19ClF2N2O2. The Morgan fingerprint density at radius 2 is 2.14 bits per heavy atom. The molecule has 1 saturated carbocycles. The number of halogens is 3. The zero-order valence-corrected chi connectivity index (χ0v) is 13.1. The van der Waals surface area contributed by atoms with Gasteiger partial charge in [0.2, 0.25) is 5.92 Å². The summed E-state index contributed by atoms with van der Waals surface area (Å²) in [5.41, 5.74) is 0.944. The van der Waals surface area contributed by atoms with Gasteiger partial charge in [-0.25, -0.2) is 18.6 Å². The number of hydrogen-bond donors (Lipinski definition) is 1. The van der Waals surface area contributed by atoms with Crippen LogP contribution < -0.4 is 5.32 Å². The Labute approximate surface area is 134 Å². The van der Waals surface area contributed by atoms with Crippen molar-refractivity contribution in [1.82, 2.24) is 10.3 Å². The van der Waals surface area contributed by atoms with E-state index in [9.17, 15) is 13.6 Å². The van der Waals surface area contributed by atoms with Crippen LogP contribution in [0.1, 0.15) is 47.8 Å². The topological polar surface area (TPSA) is 51.2 Å². The molecule has 0 amide bonds. The van der Waals surface area contributed by atoms with Crippen LogP contribution in [-0.4, -0.2) is 30.5 Å². The van der Waals surface area contributed by atoms with Gasteiger partial charge in [-0.1, -0.05) is 6.07 Å². The van der Waals surface area contributed by atoms with E-state index in [1.54, 1.807) is 12.3 Å². The van der Waals surface area contributed by atoms with Crippen LogP contribution in [0.4, 0.5) is 8.78 Å². The summed E-state index contributed by atoms with van der Waals surface area (Å²) in [7, 11) is 1.31. The molecule has 2 fully saturated rings. The Balaban J connectivity index is 0.00000176. The molecule has 1 atom stereocenters. The minimum Gasteiger partial charge on any atom is -0.464 e. The van der Waals surface area contributed by atoms with Gasteiger partial charge in [0.15, 0.2) is 0 Å². The fraction of sp³-hybridized carbons (Fsp3) is 0.600. The highest BCUT2D eigenvalue weighted by Gasteiger charge is 2.57. The second-order valence-corrected chi connectivity index (χ2v) is 6.14. The first-order chi connectivity index (χ1) is 9.93. The summed E-state index contributed by atoms with van der Waals surface area (Å²) in [4.78, 5) is 15.4. The van der Waals surface area contributed by atoms with E-state index in [4.69, 9.17) is 0 Å². The van der Waals surface area contributed by atoms with Crippen molar-refractivity contribution in [2.45, 2.75) is 37.6 Å². The van der Waals surface area contributed by atoms with Crippen molar-refractivity contribution in [3.05, 3.63) is 29.6 Å². The first-order valence-corrected chi connectivity index (χ1v) is 7.09. The lowest BCUT2D eigenvalue weighted by Gasteiger charge is -2.52.